The largest absolute Gasteiger partial charge is 0.376 e. The van der Waals surface area contributed by atoms with Crippen LogP contribution in [0.15, 0.2) is 146 Å². The highest BCUT2D eigenvalue weighted by atomic mass is 19.1. The molecule has 0 aliphatic carbocycles. The number of anilines is 1. The molecular weight excluding hydrogens is 855 g/mol. The van der Waals surface area contributed by atoms with Gasteiger partial charge in [0.05, 0.1) is 57.9 Å². The molecule has 0 atom stereocenters. The number of nitrogens with zero attached hydrogens (tertiary/aromatic N) is 9. The van der Waals surface area contributed by atoms with E-state index < -0.39 is 5.82 Å². The number of hydrogen-bond donors (Lipinski definition) is 3. The summed E-state index contributed by atoms with van der Waals surface area (Å²) in [6, 6.07) is 27.6. The summed E-state index contributed by atoms with van der Waals surface area (Å²) < 4.78 is 30.4. The Balaban J connectivity index is 1.02. The highest BCUT2D eigenvalue weighted by molar-refractivity contribution is 6.13. The number of halogens is 2. The number of hydrogen-bond acceptors (Lipinski definition) is 9. The van der Waals surface area contributed by atoms with Crippen LogP contribution in [0, 0.1) is 11.6 Å². The van der Waals surface area contributed by atoms with E-state index in [0.717, 1.165) is 66.6 Å². The predicted octanol–water partition coefficient (Wildman–Crippen LogP) is 12.3. The number of nitrogens with one attached hydrogen (secondary N) is 3. The second-order valence-corrected chi connectivity index (χ2v) is 16.7. The van der Waals surface area contributed by atoms with Crippen molar-refractivity contribution in [1.29, 1.82) is 0 Å². The van der Waals surface area contributed by atoms with Crippen molar-refractivity contribution in [1.82, 2.24) is 50.3 Å². The normalized spacial score (nSPS) is 11.9. The third-order valence-electron chi connectivity index (χ3n) is 12.4. The van der Waals surface area contributed by atoms with Crippen molar-refractivity contribution < 1.29 is 8.78 Å². The van der Waals surface area contributed by atoms with Gasteiger partial charge in [-0.25, -0.2) is 18.8 Å². The second kappa shape index (κ2) is 17.2. The lowest BCUT2D eigenvalue weighted by atomic mass is 9.93. The molecule has 68 heavy (non-hydrogen) atoms. The Morgan fingerprint density at radius 1 is 0.603 bits per heavy atom. The molecule has 7 heterocycles. The molecule has 11 aromatic rings. The Labute approximate surface area is 389 Å². The summed E-state index contributed by atoms with van der Waals surface area (Å²) in [6.07, 6.45) is 15.5. The first-order chi connectivity index (χ1) is 33.2. The maximum absolute atomic E-state index is 16.5. The predicted molar refractivity (Wildman–Crippen MR) is 266 cm³/mol. The molecule has 14 heteroatoms. The van der Waals surface area contributed by atoms with Gasteiger partial charge in [0.2, 0.25) is 0 Å². The number of fused-ring (bicyclic) bond motifs is 3. The number of imidazole rings is 1. The minimum Gasteiger partial charge on any atom is -0.376 e. The van der Waals surface area contributed by atoms with Crippen molar-refractivity contribution in [3.05, 3.63) is 163 Å². The minimum atomic E-state index is -0.420. The molecule has 11 rings (SSSR count). The fourth-order valence-electron chi connectivity index (χ4n) is 8.88. The van der Waals surface area contributed by atoms with E-state index in [1.165, 1.54) is 18.2 Å². The van der Waals surface area contributed by atoms with Gasteiger partial charge in [0.1, 0.15) is 22.8 Å². The van der Waals surface area contributed by atoms with Gasteiger partial charge in [-0.3, -0.25) is 30.1 Å². The molecule has 0 unspecified atom stereocenters. The topological polar surface area (TPSA) is 153 Å². The van der Waals surface area contributed by atoms with Crippen LogP contribution in [0.2, 0.25) is 0 Å². The summed E-state index contributed by atoms with van der Waals surface area (Å²) in [4.78, 5) is 33.8. The van der Waals surface area contributed by atoms with Crippen molar-refractivity contribution >= 4 is 49.9 Å². The van der Waals surface area contributed by atoms with Gasteiger partial charge in [0.15, 0.2) is 5.82 Å². The fourth-order valence-corrected chi connectivity index (χ4v) is 8.88. The molecular formula is C54H42F2N12. The smallest absolute Gasteiger partial charge is 0.159 e. The van der Waals surface area contributed by atoms with E-state index >= 15 is 4.39 Å². The van der Waals surface area contributed by atoms with E-state index in [1.807, 2.05) is 80.8 Å². The van der Waals surface area contributed by atoms with Gasteiger partial charge >= 0.3 is 0 Å². The van der Waals surface area contributed by atoms with Gasteiger partial charge in [-0.05, 0) is 101 Å². The van der Waals surface area contributed by atoms with Gasteiger partial charge < -0.3 is 9.88 Å². The maximum Gasteiger partial charge on any atom is 0.159 e. The zero-order chi connectivity index (χ0) is 46.5. The van der Waals surface area contributed by atoms with E-state index in [2.05, 4.69) is 54.2 Å². The van der Waals surface area contributed by atoms with Gasteiger partial charge in [-0.15, -0.1) is 0 Å². The van der Waals surface area contributed by atoms with Crippen molar-refractivity contribution in [3.8, 4) is 67.2 Å². The number of rotatable bonds is 11. The number of aromatic nitrogens is 10. The highest BCUT2D eigenvalue weighted by Gasteiger charge is 2.22. The summed E-state index contributed by atoms with van der Waals surface area (Å²) in [6.45, 7) is 4.10. The lowest BCUT2D eigenvalue weighted by Gasteiger charge is -2.13. The monoisotopic (exact) mass is 896 g/mol. The average Bonchev–Trinajstić information content (AvgIpc) is 4.13. The van der Waals surface area contributed by atoms with E-state index in [4.69, 9.17) is 20.2 Å². The van der Waals surface area contributed by atoms with E-state index in [-0.39, 0.29) is 5.82 Å². The first kappa shape index (κ1) is 41.9. The van der Waals surface area contributed by atoms with Gasteiger partial charge in [0.25, 0.3) is 0 Å². The summed E-state index contributed by atoms with van der Waals surface area (Å²) in [7, 11) is 3.98. The fraction of sp³-hybridized carbons (Fsp3) is 0.111. The standard InChI is InChI=1S/C54H42F2N12/c1-5-38-43(30-9-13-36(55)14-10-30)26-59-28-48(38)61-46(6-2)52-42-22-34(33-8-7-17-57-23-33)21-40(50(42)65-66-52)39-20-32(11-15-45(39)56)44-27-60-29-49-51(44)63-54(62-49)53-41-19-31(12-16-47(41)64-67-53)35-18-37(68(3)4)25-58-24-35/h7-29H,5-6H2,1-4H3,(H,62,63)(H,64,67)(H,65,66). The maximum atomic E-state index is 16.5. The van der Waals surface area contributed by atoms with Crippen LogP contribution < -0.4 is 4.90 Å². The molecule has 0 aliphatic heterocycles. The van der Waals surface area contributed by atoms with Crippen molar-refractivity contribution in [2.75, 3.05) is 19.0 Å². The van der Waals surface area contributed by atoms with Crippen molar-refractivity contribution in [3.63, 3.8) is 0 Å². The number of benzene rings is 4. The lowest BCUT2D eigenvalue weighted by Crippen LogP contribution is -2.08. The quantitative estimate of drug-likeness (QED) is 0.108. The molecule has 0 radical (unpaired) electrons. The minimum absolute atomic E-state index is 0.304. The summed E-state index contributed by atoms with van der Waals surface area (Å²) >= 11 is 0. The number of pyridine rings is 4. The molecule has 0 bridgehead atoms. The molecule has 7 aromatic heterocycles. The van der Waals surface area contributed by atoms with E-state index in [9.17, 15) is 4.39 Å². The number of aromatic amines is 3. The third kappa shape index (κ3) is 7.51. The van der Waals surface area contributed by atoms with Gasteiger partial charge in [0, 0.05) is 89.2 Å². The number of aliphatic imine (C=N–C) groups is 1. The van der Waals surface area contributed by atoms with Crippen LogP contribution in [-0.2, 0) is 6.42 Å². The molecule has 3 N–H and O–H groups in total. The first-order valence-electron chi connectivity index (χ1n) is 22.2. The van der Waals surface area contributed by atoms with Crippen LogP contribution in [-0.4, -0.2) is 70.1 Å². The van der Waals surface area contributed by atoms with Gasteiger partial charge in [-0.2, -0.15) is 10.2 Å². The molecule has 0 spiro atoms. The van der Waals surface area contributed by atoms with Crippen molar-refractivity contribution in [2.45, 2.75) is 26.7 Å². The molecule has 0 amide bonds. The third-order valence-corrected chi connectivity index (χ3v) is 12.4. The lowest BCUT2D eigenvalue weighted by molar-refractivity contribution is 0.628. The van der Waals surface area contributed by atoms with Crippen LogP contribution in [0.4, 0.5) is 20.2 Å². The Kier molecular flexibility index (Phi) is 10.6. The molecule has 0 saturated heterocycles. The summed E-state index contributed by atoms with van der Waals surface area (Å²) in [5.41, 5.74) is 15.3. The molecule has 332 valence electrons. The SMILES string of the molecule is CCC(=Nc1cncc(-c2ccc(F)cc2)c1CC)c1[nH]nc2c(-c3cc(-c4cncc5[nH]c(-c6n[nH]c7ccc(-c8cncc(N(C)C)c8)cc67)nc45)ccc3F)cc(-c3cccnc3)cc12. The second-order valence-electron chi connectivity index (χ2n) is 16.7. The van der Waals surface area contributed by atoms with Crippen LogP contribution in [0.5, 0.6) is 0 Å². The molecule has 12 nitrogen and oxygen atoms in total. The molecule has 0 fully saturated rings. The van der Waals surface area contributed by atoms with E-state index in [1.54, 1.807) is 55.4 Å². The van der Waals surface area contributed by atoms with Crippen molar-refractivity contribution in [2.24, 2.45) is 4.99 Å². The number of H-pyrrole nitrogens is 3. The zero-order valence-corrected chi connectivity index (χ0v) is 37.5. The molecule has 4 aromatic carbocycles. The Morgan fingerprint density at radius 2 is 1.37 bits per heavy atom. The average molecular weight is 897 g/mol. The summed E-state index contributed by atoms with van der Waals surface area (Å²) in [5.74, 6) is -0.162. The Morgan fingerprint density at radius 3 is 2.18 bits per heavy atom. The van der Waals surface area contributed by atoms with E-state index in [0.29, 0.717) is 74.5 Å². The van der Waals surface area contributed by atoms with Gasteiger partial charge in [-0.1, -0.05) is 44.2 Å². The highest BCUT2D eigenvalue weighted by Crippen LogP contribution is 2.40. The molecule has 0 saturated carbocycles. The van der Waals surface area contributed by atoms with Crippen LogP contribution in [0.3, 0.4) is 0 Å². The Bertz CT molecular complexity index is 3720. The zero-order valence-electron chi connectivity index (χ0n) is 37.5. The van der Waals surface area contributed by atoms with Crippen LogP contribution in [0.1, 0.15) is 31.5 Å². The van der Waals surface area contributed by atoms with Crippen LogP contribution in [0.25, 0.3) is 100.0 Å². The van der Waals surface area contributed by atoms with Crippen LogP contribution >= 0.6 is 0 Å². The summed E-state index contributed by atoms with van der Waals surface area (Å²) in [5, 5.41) is 17.7. The Hall–Kier alpha value is -8.78. The first-order valence-corrected chi connectivity index (χ1v) is 22.2. The molecule has 0 aliphatic rings.